The van der Waals surface area contributed by atoms with Gasteiger partial charge in [-0.05, 0) is 6.92 Å². The third-order valence-electron chi connectivity index (χ3n) is 2.16. The maximum Gasteiger partial charge on any atom is 0.232 e. The molecular weight excluding hydrogens is 190 g/mol. The Morgan fingerprint density at radius 2 is 2.46 bits per heavy atom. The molecule has 0 aromatic carbocycles. The normalized spacial score (nSPS) is 29.0. The molecule has 13 heavy (non-hydrogen) atoms. The van der Waals surface area contributed by atoms with Gasteiger partial charge in [-0.2, -0.15) is 12.6 Å². The lowest BCUT2D eigenvalue weighted by molar-refractivity contribution is -0.143. The first-order valence-corrected chi connectivity index (χ1v) is 4.95. The highest BCUT2D eigenvalue weighted by Crippen LogP contribution is 2.11. The molecular formula is C8H15NO3S. The quantitative estimate of drug-likeness (QED) is 0.599. The molecule has 0 spiro atoms. The Balaban J connectivity index is 2.54. The summed E-state index contributed by atoms with van der Waals surface area (Å²) in [5.41, 5.74) is 0. The SMILES string of the molecule is CC1COC(CO)CN1C(=O)CS. The van der Waals surface area contributed by atoms with Gasteiger partial charge in [0, 0.05) is 6.54 Å². The molecule has 1 heterocycles. The number of morpholine rings is 1. The highest BCUT2D eigenvalue weighted by atomic mass is 32.1. The molecule has 0 aromatic heterocycles. The number of nitrogens with zero attached hydrogens (tertiary/aromatic N) is 1. The summed E-state index contributed by atoms with van der Waals surface area (Å²) in [6.07, 6.45) is -0.236. The van der Waals surface area contributed by atoms with Crippen LogP contribution in [0.25, 0.3) is 0 Å². The second kappa shape index (κ2) is 4.83. The Kier molecular flexibility index (Phi) is 4.02. The van der Waals surface area contributed by atoms with Crippen molar-refractivity contribution in [3.8, 4) is 0 Å². The summed E-state index contributed by atoms with van der Waals surface area (Å²) in [4.78, 5) is 13.1. The van der Waals surface area contributed by atoms with Crippen LogP contribution in [-0.4, -0.2) is 53.6 Å². The van der Waals surface area contributed by atoms with Crippen LogP contribution >= 0.6 is 12.6 Å². The number of amides is 1. The average molecular weight is 205 g/mol. The Morgan fingerprint density at radius 1 is 1.77 bits per heavy atom. The molecule has 0 aromatic rings. The van der Waals surface area contributed by atoms with E-state index in [-0.39, 0.29) is 30.4 Å². The van der Waals surface area contributed by atoms with Crippen LogP contribution in [0.5, 0.6) is 0 Å². The Morgan fingerprint density at radius 3 is 3.00 bits per heavy atom. The number of rotatable bonds is 2. The van der Waals surface area contributed by atoms with Gasteiger partial charge < -0.3 is 14.7 Å². The smallest absolute Gasteiger partial charge is 0.232 e. The third kappa shape index (κ3) is 2.59. The molecule has 1 aliphatic rings. The van der Waals surface area contributed by atoms with Crippen molar-refractivity contribution in [3.05, 3.63) is 0 Å². The fourth-order valence-corrected chi connectivity index (χ4v) is 1.55. The molecule has 5 heteroatoms. The maximum atomic E-state index is 11.4. The van der Waals surface area contributed by atoms with Gasteiger partial charge in [0.2, 0.25) is 5.91 Å². The largest absolute Gasteiger partial charge is 0.394 e. The number of hydrogen-bond acceptors (Lipinski definition) is 4. The number of aliphatic hydroxyl groups is 1. The highest BCUT2D eigenvalue weighted by molar-refractivity contribution is 7.81. The van der Waals surface area contributed by atoms with Crippen molar-refractivity contribution in [2.45, 2.75) is 19.1 Å². The molecule has 1 rings (SSSR count). The van der Waals surface area contributed by atoms with E-state index in [0.29, 0.717) is 13.2 Å². The number of aliphatic hydroxyl groups excluding tert-OH is 1. The Hall–Kier alpha value is -0.260. The minimum Gasteiger partial charge on any atom is -0.394 e. The van der Waals surface area contributed by atoms with E-state index in [2.05, 4.69) is 12.6 Å². The van der Waals surface area contributed by atoms with Crippen LogP contribution in [0.2, 0.25) is 0 Å². The lowest BCUT2D eigenvalue weighted by atomic mass is 10.2. The van der Waals surface area contributed by atoms with Gasteiger partial charge in [-0.25, -0.2) is 0 Å². The van der Waals surface area contributed by atoms with Crippen LogP contribution in [0.15, 0.2) is 0 Å². The van der Waals surface area contributed by atoms with Gasteiger partial charge in [-0.3, -0.25) is 4.79 Å². The second-order valence-electron chi connectivity index (χ2n) is 3.19. The van der Waals surface area contributed by atoms with Crippen LogP contribution < -0.4 is 0 Å². The van der Waals surface area contributed by atoms with Crippen molar-refractivity contribution in [2.75, 3.05) is 25.5 Å². The van der Waals surface area contributed by atoms with Gasteiger partial charge in [0.1, 0.15) is 0 Å². The monoisotopic (exact) mass is 205 g/mol. The molecule has 1 fully saturated rings. The number of ether oxygens (including phenoxy) is 1. The summed E-state index contributed by atoms with van der Waals surface area (Å²) in [5.74, 6) is 0.209. The van der Waals surface area contributed by atoms with Crippen LogP contribution in [-0.2, 0) is 9.53 Å². The van der Waals surface area contributed by atoms with Gasteiger partial charge in [0.25, 0.3) is 0 Å². The lowest BCUT2D eigenvalue weighted by Gasteiger charge is -2.37. The standard InChI is InChI=1S/C8H15NO3S/c1-6-4-12-7(3-10)2-9(6)8(11)5-13/h6-7,10,13H,2-5H2,1H3. The van der Waals surface area contributed by atoms with Crippen molar-refractivity contribution in [1.29, 1.82) is 0 Å². The molecule has 0 radical (unpaired) electrons. The van der Waals surface area contributed by atoms with E-state index in [9.17, 15) is 4.79 Å². The minimum absolute atomic E-state index is 0.00224. The molecule has 1 amide bonds. The third-order valence-corrected chi connectivity index (χ3v) is 2.44. The predicted molar refractivity (Wildman–Crippen MR) is 51.9 cm³/mol. The fourth-order valence-electron chi connectivity index (χ4n) is 1.37. The van der Waals surface area contributed by atoms with E-state index >= 15 is 0 Å². The van der Waals surface area contributed by atoms with Gasteiger partial charge in [0.05, 0.1) is 31.1 Å². The van der Waals surface area contributed by atoms with E-state index in [1.807, 2.05) is 6.92 Å². The molecule has 0 saturated carbocycles. The van der Waals surface area contributed by atoms with Gasteiger partial charge in [-0.15, -0.1) is 0 Å². The summed E-state index contributed by atoms with van der Waals surface area (Å²) < 4.78 is 5.30. The summed E-state index contributed by atoms with van der Waals surface area (Å²) in [6, 6.07) is 0.0856. The molecule has 76 valence electrons. The number of hydrogen-bond donors (Lipinski definition) is 2. The van der Waals surface area contributed by atoms with E-state index in [0.717, 1.165) is 0 Å². The van der Waals surface area contributed by atoms with Crippen molar-refractivity contribution in [3.63, 3.8) is 0 Å². The number of thiol groups is 1. The van der Waals surface area contributed by atoms with Crippen LogP contribution in [0.1, 0.15) is 6.92 Å². The molecule has 1 aliphatic heterocycles. The van der Waals surface area contributed by atoms with Crippen molar-refractivity contribution in [2.24, 2.45) is 0 Å². The minimum atomic E-state index is -0.236. The first-order valence-electron chi connectivity index (χ1n) is 4.31. The van der Waals surface area contributed by atoms with Crippen LogP contribution in [0, 0.1) is 0 Å². The molecule has 1 saturated heterocycles. The van der Waals surface area contributed by atoms with Crippen molar-refractivity contribution >= 4 is 18.5 Å². The second-order valence-corrected chi connectivity index (χ2v) is 3.51. The average Bonchev–Trinajstić information content (AvgIpc) is 2.17. The number of carbonyl (C=O) groups excluding carboxylic acids is 1. The first kappa shape index (κ1) is 10.8. The van der Waals surface area contributed by atoms with Gasteiger partial charge in [-0.1, -0.05) is 0 Å². The fraction of sp³-hybridized carbons (Fsp3) is 0.875. The summed E-state index contributed by atoms with van der Waals surface area (Å²) in [5, 5.41) is 8.87. The van der Waals surface area contributed by atoms with Crippen LogP contribution in [0.3, 0.4) is 0 Å². The summed E-state index contributed by atoms with van der Waals surface area (Å²) in [7, 11) is 0. The van der Waals surface area contributed by atoms with Gasteiger partial charge >= 0.3 is 0 Å². The van der Waals surface area contributed by atoms with E-state index < -0.39 is 0 Å². The zero-order chi connectivity index (χ0) is 9.84. The van der Waals surface area contributed by atoms with E-state index in [1.165, 1.54) is 0 Å². The van der Waals surface area contributed by atoms with Crippen molar-refractivity contribution < 1.29 is 14.6 Å². The molecule has 0 bridgehead atoms. The molecule has 0 aliphatic carbocycles. The van der Waals surface area contributed by atoms with Gasteiger partial charge in [0.15, 0.2) is 0 Å². The molecule has 2 unspecified atom stereocenters. The Bertz CT molecular complexity index is 188. The van der Waals surface area contributed by atoms with Crippen LogP contribution in [0.4, 0.5) is 0 Å². The molecule has 4 nitrogen and oxygen atoms in total. The number of carbonyl (C=O) groups is 1. The van der Waals surface area contributed by atoms with Crippen molar-refractivity contribution in [1.82, 2.24) is 4.90 Å². The zero-order valence-electron chi connectivity index (χ0n) is 7.64. The van der Waals surface area contributed by atoms with E-state index in [1.54, 1.807) is 4.90 Å². The lowest BCUT2D eigenvalue weighted by Crippen LogP contribution is -2.52. The topological polar surface area (TPSA) is 49.8 Å². The zero-order valence-corrected chi connectivity index (χ0v) is 8.54. The highest BCUT2D eigenvalue weighted by Gasteiger charge is 2.28. The molecule has 1 N–H and O–H groups in total. The predicted octanol–water partition coefficient (Wildman–Crippen LogP) is -0.476. The maximum absolute atomic E-state index is 11.4. The van der Waals surface area contributed by atoms with E-state index in [4.69, 9.17) is 9.84 Å². The first-order chi connectivity index (χ1) is 6.19. The summed E-state index contributed by atoms with van der Waals surface area (Å²) in [6.45, 7) is 2.85. The summed E-state index contributed by atoms with van der Waals surface area (Å²) >= 11 is 3.93. The Labute approximate surface area is 83.3 Å². The molecule has 2 atom stereocenters.